The highest BCUT2D eigenvalue weighted by atomic mass is 79.9. The molecule has 1 saturated heterocycles. The highest BCUT2D eigenvalue weighted by Crippen LogP contribution is 2.26. The number of nitrogens with two attached hydrogens (primary N) is 1. The number of halogens is 1. The lowest BCUT2D eigenvalue weighted by atomic mass is 9.95. The van der Waals surface area contributed by atoms with E-state index in [0.717, 1.165) is 10.0 Å². The minimum atomic E-state index is 0.0104. The molecular weight excluding hydrogens is 340 g/mol. The summed E-state index contributed by atoms with van der Waals surface area (Å²) in [7, 11) is 0. The summed E-state index contributed by atoms with van der Waals surface area (Å²) in [5, 5.41) is 0. The zero-order valence-corrected chi connectivity index (χ0v) is 13.9. The molecule has 114 valence electrons. The van der Waals surface area contributed by atoms with E-state index in [2.05, 4.69) is 28.1 Å². The Kier molecular flexibility index (Phi) is 4.60. The van der Waals surface area contributed by atoms with Crippen LogP contribution in [0.4, 0.5) is 0 Å². The average Bonchev–Trinajstić information content (AvgIpc) is 2.92. The van der Waals surface area contributed by atoms with E-state index in [1.54, 1.807) is 0 Å². The monoisotopic (exact) mass is 358 g/mol. The van der Waals surface area contributed by atoms with Crippen molar-refractivity contribution in [2.24, 2.45) is 5.73 Å². The van der Waals surface area contributed by atoms with Crippen LogP contribution < -0.4 is 5.73 Å². The van der Waals surface area contributed by atoms with Gasteiger partial charge in [-0.1, -0.05) is 58.4 Å². The molecule has 0 radical (unpaired) electrons. The van der Waals surface area contributed by atoms with Crippen LogP contribution in [0.25, 0.3) is 0 Å². The predicted molar refractivity (Wildman–Crippen MR) is 91.6 cm³/mol. The van der Waals surface area contributed by atoms with Crippen molar-refractivity contribution in [1.29, 1.82) is 0 Å². The molecule has 0 saturated carbocycles. The minimum Gasteiger partial charge on any atom is -0.340 e. The molecule has 0 spiro atoms. The molecular formula is C18H19BrN2O. The van der Waals surface area contributed by atoms with Gasteiger partial charge in [-0.25, -0.2) is 0 Å². The maximum absolute atomic E-state index is 12.5. The van der Waals surface area contributed by atoms with Gasteiger partial charge in [0.25, 0.3) is 0 Å². The van der Waals surface area contributed by atoms with E-state index in [1.165, 1.54) is 5.56 Å². The van der Waals surface area contributed by atoms with Crippen molar-refractivity contribution in [3.63, 3.8) is 0 Å². The molecule has 4 heteroatoms. The van der Waals surface area contributed by atoms with Gasteiger partial charge in [0.2, 0.25) is 5.91 Å². The third-order valence-electron chi connectivity index (χ3n) is 4.21. The molecule has 3 nitrogen and oxygen atoms in total. The molecule has 0 unspecified atom stereocenters. The highest BCUT2D eigenvalue weighted by Gasteiger charge is 2.33. The van der Waals surface area contributed by atoms with Crippen molar-refractivity contribution >= 4 is 21.8 Å². The van der Waals surface area contributed by atoms with Gasteiger partial charge in [0, 0.05) is 29.5 Å². The molecule has 2 aromatic carbocycles. The minimum absolute atomic E-state index is 0.0104. The van der Waals surface area contributed by atoms with E-state index in [1.807, 2.05) is 47.4 Å². The van der Waals surface area contributed by atoms with E-state index in [4.69, 9.17) is 5.73 Å². The van der Waals surface area contributed by atoms with Crippen LogP contribution in [0.2, 0.25) is 0 Å². The van der Waals surface area contributed by atoms with Crippen molar-refractivity contribution in [3.05, 3.63) is 70.2 Å². The second-order valence-electron chi connectivity index (χ2n) is 5.78. The standard InChI is InChI=1S/C18H19BrN2O/c19-15-8-6-13(7-9-15)10-18(22)21-11-16(17(20)12-21)14-4-2-1-3-5-14/h1-9,16-17H,10-12,20H2/t16-,17+/m0/s1. The lowest BCUT2D eigenvalue weighted by molar-refractivity contribution is -0.129. The first-order valence-electron chi connectivity index (χ1n) is 7.46. The van der Waals surface area contributed by atoms with Crippen molar-refractivity contribution in [1.82, 2.24) is 4.90 Å². The van der Waals surface area contributed by atoms with Crippen LogP contribution in [0, 0.1) is 0 Å². The van der Waals surface area contributed by atoms with Crippen molar-refractivity contribution in [2.75, 3.05) is 13.1 Å². The topological polar surface area (TPSA) is 46.3 Å². The maximum Gasteiger partial charge on any atom is 0.227 e. The Hall–Kier alpha value is -1.65. The van der Waals surface area contributed by atoms with E-state index >= 15 is 0 Å². The van der Waals surface area contributed by atoms with Crippen molar-refractivity contribution < 1.29 is 4.79 Å². The Balaban J connectivity index is 1.66. The lowest BCUT2D eigenvalue weighted by Gasteiger charge is -2.16. The number of rotatable bonds is 3. The van der Waals surface area contributed by atoms with E-state index in [0.29, 0.717) is 19.5 Å². The largest absolute Gasteiger partial charge is 0.340 e. The van der Waals surface area contributed by atoms with Crippen LogP contribution in [0.5, 0.6) is 0 Å². The van der Waals surface area contributed by atoms with Gasteiger partial charge in [0.05, 0.1) is 6.42 Å². The van der Waals surface area contributed by atoms with Crippen molar-refractivity contribution in [3.8, 4) is 0 Å². The zero-order chi connectivity index (χ0) is 15.5. The molecule has 1 aliphatic heterocycles. The summed E-state index contributed by atoms with van der Waals surface area (Å²) < 4.78 is 1.02. The first-order valence-corrected chi connectivity index (χ1v) is 8.25. The Morgan fingerprint density at radius 1 is 1.09 bits per heavy atom. The molecule has 1 fully saturated rings. The van der Waals surface area contributed by atoms with Gasteiger partial charge in [0.1, 0.15) is 0 Å². The van der Waals surface area contributed by atoms with Crippen LogP contribution in [0.3, 0.4) is 0 Å². The summed E-state index contributed by atoms with van der Waals surface area (Å²) in [5.74, 6) is 0.381. The average molecular weight is 359 g/mol. The fourth-order valence-corrected chi connectivity index (χ4v) is 3.24. The Morgan fingerprint density at radius 3 is 2.45 bits per heavy atom. The SMILES string of the molecule is N[C@@H]1CN(C(=O)Cc2ccc(Br)cc2)C[C@H]1c1ccccc1. The molecule has 2 aromatic rings. The second kappa shape index (κ2) is 6.63. The van der Waals surface area contributed by atoms with Crippen LogP contribution in [-0.2, 0) is 11.2 Å². The van der Waals surface area contributed by atoms with Gasteiger partial charge < -0.3 is 10.6 Å². The number of nitrogens with zero attached hydrogens (tertiary/aromatic N) is 1. The molecule has 0 aromatic heterocycles. The number of hydrogen-bond donors (Lipinski definition) is 1. The third-order valence-corrected chi connectivity index (χ3v) is 4.74. The predicted octanol–water partition coefficient (Wildman–Crippen LogP) is 2.94. The number of likely N-dealkylation sites (tertiary alicyclic amines) is 1. The maximum atomic E-state index is 12.5. The van der Waals surface area contributed by atoms with Crippen LogP contribution in [0.1, 0.15) is 17.0 Å². The summed E-state index contributed by atoms with van der Waals surface area (Å²) in [6.45, 7) is 1.34. The summed E-state index contributed by atoms with van der Waals surface area (Å²) in [6.07, 6.45) is 0.432. The van der Waals surface area contributed by atoms with Crippen LogP contribution in [-0.4, -0.2) is 29.9 Å². The van der Waals surface area contributed by atoms with Gasteiger partial charge in [0.15, 0.2) is 0 Å². The molecule has 0 bridgehead atoms. The molecule has 1 amide bonds. The Morgan fingerprint density at radius 2 is 1.77 bits per heavy atom. The summed E-state index contributed by atoms with van der Waals surface area (Å²) >= 11 is 3.41. The molecule has 3 rings (SSSR count). The number of carbonyl (C=O) groups is 1. The smallest absolute Gasteiger partial charge is 0.227 e. The molecule has 2 atom stereocenters. The third kappa shape index (κ3) is 3.39. The summed E-state index contributed by atoms with van der Waals surface area (Å²) in [6, 6.07) is 18.1. The molecule has 2 N–H and O–H groups in total. The van der Waals surface area contributed by atoms with Gasteiger partial charge in [-0.3, -0.25) is 4.79 Å². The quantitative estimate of drug-likeness (QED) is 0.916. The van der Waals surface area contributed by atoms with E-state index in [9.17, 15) is 4.79 Å². The van der Waals surface area contributed by atoms with Gasteiger partial charge in [-0.2, -0.15) is 0 Å². The number of amides is 1. The van der Waals surface area contributed by atoms with E-state index < -0.39 is 0 Å². The van der Waals surface area contributed by atoms with Crippen LogP contribution in [0.15, 0.2) is 59.1 Å². The van der Waals surface area contributed by atoms with Gasteiger partial charge >= 0.3 is 0 Å². The summed E-state index contributed by atoms with van der Waals surface area (Å²) in [5.41, 5.74) is 8.50. The lowest BCUT2D eigenvalue weighted by Crippen LogP contribution is -2.33. The number of hydrogen-bond acceptors (Lipinski definition) is 2. The van der Waals surface area contributed by atoms with Gasteiger partial charge in [-0.05, 0) is 23.3 Å². The summed E-state index contributed by atoms with van der Waals surface area (Å²) in [4.78, 5) is 14.4. The normalized spacial score (nSPS) is 21.1. The number of carbonyl (C=O) groups excluding carboxylic acids is 1. The highest BCUT2D eigenvalue weighted by molar-refractivity contribution is 9.10. The zero-order valence-electron chi connectivity index (χ0n) is 12.3. The fourth-order valence-electron chi connectivity index (χ4n) is 2.97. The Labute approximate surface area is 139 Å². The second-order valence-corrected chi connectivity index (χ2v) is 6.70. The molecule has 22 heavy (non-hydrogen) atoms. The first kappa shape index (κ1) is 15.3. The van der Waals surface area contributed by atoms with Crippen molar-refractivity contribution in [2.45, 2.75) is 18.4 Å². The fraction of sp³-hybridized carbons (Fsp3) is 0.278. The molecule has 1 heterocycles. The van der Waals surface area contributed by atoms with Gasteiger partial charge in [-0.15, -0.1) is 0 Å². The Bertz CT molecular complexity index is 642. The van der Waals surface area contributed by atoms with E-state index in [-0.39, 0.29) is 17.9 Å². The molecule has 1 aliphatic rings. The number of benzene rings is 2. The first-order chi connectivity index (χ1) is 10.6. The van der Waals surface area contributed by atoms with Crippen LogP contribution >= 0.6 is 15.9 Å². The molecule has 0 aliphatic carbocycles.